The summed E-state index contributed by atoms with van der Waals surface area (Å²) in [5.74, 6) is 1.65. The second-order valence-electron chi connectivity index (χ2n) is 4.64. The first-order chi connectivity index (χ1) is 8.36. The molecule has 2 aliphatic rings. The molecule has 4 nitrogen and oxygen atoms in total. The Morgan fingerprint density at radius 2 is 2.35 bits per heavy atom. The van der Waals surface area contributed by atoms with Crippen molar-refractivity contribution < 1.29 is 9.47 Å². The third-order valence-electron chi connectivity index (χ3n) is 3.41. The Hall–Kier alpha value is -1.42. The van der Waals surface area contributed by atoms with E-state index in [-0.39, 0.29) is 0 Å². The molecule has 2 aliphatic heterocycles. The summed E-state index contributed by atoms with van der Waals surface area (Å²) in [6, 6.07) is 6.34. The largest absolute Gasteiger partial charge is 0.493 e. The fourth-order valence-electron chi connectivity index (χ4n) is 2.36. The van der Waals surface area contributed by atoms with Gasteiger partial charge in [-0.15, -0.1) is 0 Å². The molecule has 0 bridgehead atoms. The number of fused-ring (bicyclic) bond motifs is 1. The fraction of sp³-hybridized carbons (Fsp3) is 0.538. The molecular formula is C13H18N2O2. The Morgan fingerprint density at radius 3 is 3.06 bits per heavy atom. The van der Waals surface area contributed by atoms with Crippen LogP contribution in [0.4, 0.5) is 5.69 Å². The number of methoxy groups -OCH3 is 1. The highest BCUT2D eigenvalue weighted by molar-refractivity contribution is 5.64. The number of para-hydroxylation sites is 1. The second-order valence-corrected chi connectivity index (χ2v) is 4.64. The highest BCUT2D eigenvalue weighted by atomic mass is 16.5. The lowest BCUT2D eigenvalue weighted by Gasteiger charge is -2.36. The van der Waals surface area contributed by atoms with Crippen LogP contribution in [0.5, 0.6) is 11.5 Å². The molecule has 1 fully saturated rings. The predicted octanol–water partition coefficient (Wildman–Crippen LogP) is 1.57. The molecule has 0 saturated carbocycles. The number of hydrogen-bond donors (Lipinski definition) is 1. The van der Waals surface area contributed by atoms with Crippen molar-refractivity contribution in [2.45, 2.75) is 12.5 Å². The van der Waals surface area contributed by atoms with Crippen LogP contribution in [-0.4, -0.2) is 44.3 Å². The topological polar surface area (TPSA) is 33.7 Å². The van der Waals surface area contributed by atoms with Crippen LogP contribution in [0.2, 0.25) is 0 Å². The zero-order chi connectivity index (χ0) is 11.7. The summed E-state index contributed by atoms with van der Waals surface area (Å²) < 4.78 is 11.1. The van der Waals surface area contributed by atoms with Crippen molar-refractivity contribution >= 4 is 5.69 Å². The first-order valence-corrected chi connectivity index (χ1v) is 6.15. The second kappa shape index (κ2) is 4.45. The molecule has 1 unspecified atom stereocenters. The van der Waals surface area contributed by atoms with Crippen LogP contribution in [0.25, 0.3) is 0 Å². The quantitative estimate of drug-likeness (QED) is 0.861. The van der Waals surface area contributed by atoms with E-state index in [0.29, 0.717) is 12.6 Å². The molecule has 1 aromatic carbocycles. The lowest BCUT2D eigenvalue weighted by atomic mass is 10.1. The molecular weight excluding hydrogens is 216 g/mol. The zero-order valence-corrected chi connectivity index (χ0v) is 10.1. The van der Waals surface area contributed by atoms with E-state index in [0.717, 1.165) is 23.7 Å². The van der Waals surface area contributed by atoms with E-state index in [9.17, 15) is 0 Å². The van der Waals surface area contributed by atoms with Crippen molar-refractivity contribution in [3.63, 3.8) is 0 Å². The van der Waals surface area contributed by atoms with Gasteiger partial charge in [-0.2, -0.15) is 0 Å². The molecule has 17 heavy (non-hydrogen) atoms. The van der Waals surface area contributed by atoms with Crippen LogP contribution >= 0.6 is 0 Å². The number of benzene rings is 1. The molecule has 92 valence electrons. The van der Waals surface area contributed by atoms with Crippen LogP contribution in [-0.2, 0) is 0 Å². The van der Waals surface area contributed by atoms with E-state index < -0.39 is 0 Å². The maximum absolute atomic E-state index is 5.81. The molecule has 1 saturated heterocycles. The Kier molecular flexibility index (Phi) is 2.81. The molecule has 1 atom stereocenters. The van der Waals surface area contributed by atoms with Gasteiger partial charge in [0.05, 0.1) is 18.8 Å². The third-order valence-corrected chi connectivity index (χ3v) is 3.41. The third kappa shape index (κ3) is 2.05. The highest BCUT2D eigenvalue weighted by Crippen LogP contribution is 2.37. The van der Waals surface area contributed by atoms with Crippen LogP contribution in [0, 0.1) is 0 Å². The summed E-state index contributed by atoms with van der Waals surface area (Å²) in [5.41, 5.74) is 1.04. The van der Waals surface area contributed by atoms with Crippen LogP contribution in [0.1, 0.15) is 6.42 Å². The van der Waals surface area contributed by atoms with Gasteiger partial charge in [0.1, 0.15) is 6.61 Å². The standard InChI is InChI=1S/C13H18N2O2/c1-16-12-5-2-4-11-13(12)17-9-10(14-11)8-15-6-3-7-15/h2,4-5,10,14H,3,6-9H2,1H3. The van der Waals surface area contributed by atoms with Crippen LogP contribution in [0.3, 0.4) is 0 Å². The van der Waals surface area contributed by atoms with Gasteiger partial charge < -0.3 is 19.7 Å². The van der Waals surface area contributed by atoms with Crippen molar-refractivity contribution in [2.24, 2.45) is 0 Å². The number of anilines is 1. The highest BCUT2D eigenvalue weighted by Gasteiger charge is 2.25. The van der Waals surface area contributed by atoms with Gasteiger partial charge in [0.2, 0.25) is 0 Å². The molecule has 0 aromatic heterocycles. The van der Waals surface area contributed by atoms with Crippen molar-refractivity contribution in [2.75, 3.05) is 38.7 Å². The minimum atomic E-state index is 0.384. The lowest BCUT2D eigenvalue weighted by molar-refractivity contribution is 0.152. The van der Waals surface area contributed by atoms with E-state index >= 15 is 0 Å². The number of ether oxygens (including phenoxy) is 2. The van der Waals surface area contributed by atoms with Crippen molar-refractivity contribution in [1.29, 1.82) is 0 Å². The fourth-order valence-corrected chi connectivity index (χ4v) is 2.36. The molecule has 1 aromatic rings. The van der Waals surface area contributed by atoms with E-state index in [1.165, 1.54) is 19.5 Å². The lowest BCUT2D eigenvalue weighted by Crippen LogP contribution is -2.47. The summed E-state index contributed by atoms with van der Waals surface area (Å²) in [7, 11) is 1.67. The molecule has 0 radical (unpaired) electrons. The van der Waals surface area contributed by atoms with Gasteiger partial charge in [0.25, 0.3) is 0 Å². The molecule has 4 heteroatoms. The van der Waals surface area contributed by atoms with E-state index in [1.54, 1.807) is 7.11 Å². The summed E-state index contributed by atoms with van der Waals surface area (Å²) >= 11 is 0. The number of rotatable bonds is 3. The normalized spacial score (nSPS) is 23.0. The van der Waals surface area contributed by atoms with Gasteiger partial charge >= 0.3 is 0 Å². The van der Waals surface area contributed by atoms with Gasteiger partial charge in [-0.1, -0.05) is 6.07 Å². The average molecular weight is 234 g/mol. The number of hydrogen-bond acceptors (Lipinski definition) is 4. The minimum absolute atomic E-state index is 0.384. The monoisotopic (exact) mass is 234 g/mol. The first kappa shape index (κ1) is 10.7. The summed E-state index contributed by atoms with van der Waals surface area (Å²) in [5, 5.41) is 3.52. The van der Waals surface area contributed by atoms with Gasteiger partial charge in [-0.25, -0.2) is 0 Å². The summed E-state index contributed by atoms with van der Waals surface area (Å²) in [6.45, 7) is 4.23. The average Bonchev–Trinajstić information content (AvgIpc) is 2.32. The van der Waals surface area contributed by atoms with Crippen molar-refractivity contribution in [3.05, 3.63) is 18.2 Å². The molecule has 0 aliphatic carbocycles. The number of likely N-dealkylation sites (tertiary alicyclic amines) is 1. The smallest absolute Gasteiger partial charge is 0.184 e. The Bertz CT molecular complexity index is 404. The minimum Gasteiger partial charge on any atom is -0.493 e. The summed E-state index contributed by atoms with van der Waals surface area (Å²) in [4.78, 5) is 2.45. The van der Waals surface area contributed by atoms with Gasteiger partial charge in [0, 0.05) is 6.54 Å². The molecule has 1 N–H and O–H groups in total. The Balaban J connectivity index is 1.71. The Morgan fingerprint density at radius 1 is 1.47 bits per heavy atom. The predicted molar refractivity (Wildman–Crippen MR) is 67.0 cm³/mol. The number of nitrogens with one attached hydrogen (secondary N) is 1. The molecule has 0 amide bonds. The van der Waals surface area contributed by atoms with Crippen LogP contribution < -0.4 is 14.8 Å². The van der Waals surface area contributed by atoms with Gasteiger partial charge in [0.15, 0.2) is 11.5 Å². The van der Waals surface area contributed by atoms with Crippen molar-refractivity contribution in [1.82, 2.24) is 4.90 Å². The Labute approximate surface area is 102 Å². The van der Waals surface area contributed by atoms with Crippen molar-refractivity contribution in [3.8, 4) is 11.5 Å². The zero-order valence-electron chi connectivity index (χ0n) is 10.1. The van der Waals surface area contributed by atoms with E-state index in [4.69, 9.17) is 9.47 Å². The number of nitrogens with zero attached hydrogens (tertiary/aromatic N) is 1. The summed E-state index contributed by atoms with van der Waals surface area (Å²) in [6.07, 6.45) is 1.33. The SMILES string of the molecule is COc1cccc2c1OCC(CN1CCC1)N2. The maximum Gasteiger partial charge on any atom is 0.184 e. The first-order valence-electron chi connectivity index (χ1n) is 6.15. The van der Waals surface area contributed by atoms with Crippen LogP contribution in [0.15, 0.2) is 18.2 Å². The van der Waals surface area contributed by atoms with Gasteiger partial charge in [-0.3, -0.25) is 0 Å². The van der Waals surface area contributed by atoms with E-state index in [2.05, 4.69) is 10.2 Å². The molecule has 2 heterocycles. The van der Waals surface area contributed by atoms with E-state index in [1.807, 2.05) is 18.2 Å². The molecule has 3 rings (SSSR count). The maximum atomic E-state index is 5.81. The van der Waals surface area contributed by atoms with Gasteiger partial charge in [-0.05, 0) is 31.6 Å². The molecule has 0 spiro atoms.